The number of carboxylic acid groups (broad SMARTS) is 1. The Morgan fingerprint density at radius 3 is 2.40 bits per heavy atom. The molecule has 2 rings (SSSR count). The number of carbonyl (C=O) groups is 2. The Morgan fingerprint density at radius 2 is 1.90 bits per heavy atom. The van der Waals surface area contributed by atoms with Crippen molar-refractivity contribution in [1.82, 2.24) is 0 Å². The number of nitrogens with one attached hydrogen (secondary N) is 1. The van der Waals surface area contributed by atoms with Crippen LogP contribution < -0.4 is 10.1 Å². The van der Waals surface area contributed by atoms with Crippen molar-refractivity contribution in [3.63, 3.8) is 0 Å². The molecule has 0 fully saturated rings. The summed E-state index contributed by atoms with van der Waals surface area (Å²) in [5.74, 6) is -0.667. The molecule has 0 bridgehead atoms. The molecule has 1 heterocycles. The second-order valence-corrected chi connectivity index (χ2v) is 4.95. The third-order valence-electron chi connectivity index (χ3n) is 2.70. The number of amides is 1. The van der Waals surface area contributed by atoms with Crippen LogP contribution in [0, 0.1) is 0 Å². The summed E-state index contributed by atoms with van der Waals surface area (Å²) in [7, 11) is 1.57. The van der Waals surface area contributed by atoms with Gasteiger partial charge < -0.3 is 15.2 Å². The van der Waals surface area contributed by atoms with Gasteiger partial charge in [0.2, 0.25) is 5.91 Å². The van der Waals surface area contributed by atoms with Gasteiger partial charge in [-0.05, 0) is 17.7 Å². The SMILES string of the molecule is COc1ccc(-c2csc(NC(C)=O)c2C(=O)O)cc1. The van der Waals surface area contributed by atoms with Gasteiger partial charge in [0.25, 0.3) is 0 Å². The zero-order chi connectivity index (χ0) is 14.7. The van der Waals surface area contributed by atoms with Gasteiger partial charge in [-0.3, -0.25) is 4.79 Å². The molecule has 0 atom stereocenters. The molecule has 2 aromatic rings. The highest BCUT2D eigenvalue weighted by molar-refractivity contribution is 7.15. The first-order valence-electron chi connectivity index (χ1n) is 5.79. The van der Waals surface area contributed by atoms with Crippen LogP contribution in [0.3, 0.4) is 0 Å². The van der Waals surface area contributed by atoms with E-state index in [1.54, 1.807) is 36.8 Å². The number of aromatic carboxylic acids is 1. The Labute approximate surface area is 119 Å². The van der Waals surface area contributed by atoms with Crippen molar-refractivity contribution in [2.45, 2.75) is 6.92 Å². The number of carboxylic acids is 1. The number of ether oxygens (including phenoxy) is 1. The number of benzene rings is 1. The van der Waals surface area contributed by atoms with Crippen LogP contribution in [0.15, 0.2) is 29.6 Å². The highest BCUT2D eigenvalue weighted by Crippen LogP contribution is 2.36. The first-order chi connectivity index (χ1) is 9.52. The van der Waals surface area contributed by atoms with Gasteiger partial charge in [0.05, 0.1) is 7.11 Å². The smallest absolute Gasteiger partial charge is 0.339 e. The molecule has 0 saturated heterocycles. The van der Waals surface area contributed by atoms with Crippen LogP contribution >= 0.6 is 11.3 Å². The van der Waals surface area contributed by atoms with E-state index in [4.69, 9.17) is 4.74 Å². The topological polar surface area (TPSA) is 75.6 Å². The molecule has 1 amide bonds. The highest BCUT2D eigenvalue weighted by Gasteiger charge is 2.20. The van der Waals surface area contributed by atoms with Crippen LogP contribution in [0.25, 0.3) is 11.1 Å². The summed E-state index contributed by atoms with van der Waals surface area (Å²) in [6.45, 7) is 1.35. The lowest BCUT2D eigenvalue weighted by Crippen LogP contribution is -2.08. The molecule has 1 aromatic heterocycles. The van der Waals surface area contributed by atoms with Gasteiger partial charge in [-0.2, -0.15) is 0 Å². The summed E-state index contributed by atoms with van der Waals surface area (Å²) in [5, 5.41) is 13.9. The Morgan fingerprint density at radius 1 is 1.25 bits per heavy atom. The molecule has 1 aromatic carbocycles. The fourth-order valence-electron chi connectivity index (χ4n) is 1.81. The van der Waals surface area contributed by atoms with Crippen molar-refractivity contribution >= 4 is 28.2 Å². The third kappa shape index (κ3) is 2.80. The van der Waals surface area contributed by atoms with Crippen LogP contribution in [0.4, 0.5) is 5.00 Å². The lowest BCUT2D eigenvalue weighted by atomic mass is 10.0. The van der Waals surface area contributed by atoms with E-state index in [1.165, 1.54) is 18.3 Å². The zero-order valence-electron chi connectivity index (χ0n) is 11.0. The average Bonchev–Trinajstić information content (AvgIpc) is 2.81. The minimum atomic E-state index is -1.07. The molecule has 104 valence electrons. The lowest BCUT2D eigenvalue weighted by molar-refractivity contribution is -0.114. The monoisotopic (exact) mass is 291 g/mol. The Hall–Kier alpha value is -2.34. The average molecular weight is 291 g/mol. The van der Waals surface area contributed by atoms with E-state index in [0.29, 0.717) is 16.3 Å². The molecule has 0 aliphatic carbocycles. The summed E-state index contributed by atoms with van der Waals surface area (Å²) in [4.78, 5) is 22.5. The minimum absolute atomic E-state index is 0.107. The number of hydrogen-bond acceptors (Lipinski definition) is 4. The van der Waals surface area contributed by atoms with Crippen LogP contribution in [-0.2, 0) is 4.79 Å². The molecule has 0 unspecified atom stereocenters. The minimum Gasteiger partial charge on any atom is -0.497 e. The molecule has 0 radical (unpaired) electrons. The number of hydrogen-bond donors (Lipinski definition) is 2. The molecule has 2 N–H and O–H groups in total. The maximum absolute atomic E-state index is 11.4. The Bertz CT molecular complexity index is 646. The number of methoxy groups -OCH3 is 1. The van der Waals surface area contributed by atoms with Gasteiger partial charge >= 0.3 is 5.97 Å². The molecule has 0 saturated carbocycles. The number of rotatable bonds is 4. The van der Waals surface area contributed by atoms with Crippen molar-refractivity contribution < 1.29 is 19.4 Å². The van der Waals surface area contributed by atoms with Crippen LogP contribution in [0.1, 0.15) is 17.3 Å². The van der Waals surface area contributed by atoms with Crippen molar-refractivity contribution in [2.75, 3.05) is 12.4 Å². The standard InChI is InChI=1S/C14H13NO4S/c1-8(16)15-13-12(14(17)18)11(7-20-13)9-3-5-10(19-2)6-4-9/h3-7H,1-2H3,(H,15,16)(H,17,18). The van der Waals surface area contributed by atoms with Crippen LogP contribution in [0.2, 0.25) is 0 Å². The van der Waals surface area contributed by atoms with E-state index in [0.717, 1.165) is 5.56 Å². The van der Waals surface area contributed by atoms with Crippen LogP contribution in [0.5, 0.6) is 5.75 Å². The summed E-state index contributed by atoms with van der Waals surface area (Å²) in [6, 6.07) is 7.09. The Kier molecular flexibility index (Phi) is 4.05. The summed E-state index contributed by atoms with van der Waals surface area (Å²) < 4.78 is 5.07. The van der Waals surface area contributed by atoms with Gasteiger partial charge in [-0.25, -0.2) is 4.79 Å². The van der Waals surface area contributed by atoms with Gasteiger partial charge in [-0.1, -0.05) is 12.1 Å². The van der Waals surface area contributed by atoms with Crippen molar-refractivity contribution in [2.24, 2.45) is 0 Å². The number of thiophene rings is 1. The summed E-state index contributed by atoms with van der Waals surface area (Å²) in [5.41, 5.74) is 1.44. The van der Waals surface area contributed by atoms with Crippen LogP contribution in [-0.4, -0.2) is 24.1 Å². The van der Waals surface area contributed by atoms with E-state index < -0.39 is 5.97 Å². The predicted octanol–water partition coefficient (Wildman–Crippen LogP) is 3.08. The number of anilines is 1. The molecular formula is C14H13NO4S. The first kappa shape index (κ1) is 14.1. The second-order valence-electron chi connectivity index (χ2n) is 4.07. The van der Waals surface area contributed by atoms with E-state index in [9.17, 15) is 14.7 Å². The highest BCUT2D eigenvalue weighted by atomic mass is 32.1. The normalized spacial score (nSPS) is 10.1. The molecule has 0 aliphatic rings. The molecular weight excluding hydrogens is 278 g/mol. The third-order valence-corrected chi connectivity index (χ3v) is 3.59. The van der Waals surface area contributed by atoms with E-state index in [-0.39, 0.29) is 11.5 Å². The maximum Gasteiger partial charge on any atom is 0.339 e. The number of carbonyl (C=O) groups excluding carboxylic acids is 1. The molecule has 5 nitrogen and oxygen atoms in total. The molecule has 20 heavy (non-hydrogen) atoms. The predicted molar refractivity (Wildman–Crippen MR) is 77.6 cm³/mol. The fourth-order valence-corrected chi connectivity index (χ4v) is 2.81. The zero-order valence-corrected chi connectivity index (χ0v) is 11.8. The van der Waals surface area contributed by atoms with Gasteiger partial charge in [0, 0.05) is 17.9 Å². The van der Waals surface area contributed by atoms with Crippen molar-refractivity contribution in [1.29, 1.82) is 0 Å². The molecule has 0 spiro atoms. The van der Waals surface area contributed by atoms with E-state index in [2.05, 4.69) is 5.32 Å². The second kappa shape index (κ2) is 5.75. The summed E-state index contributed by atoms with van der Waals surface area (Å²) in [6.07, 6.45) is 0. The van der Waals surface area contributed by atoms with E-state index in [1.807, 2.05) is 0 Å². The molecule has 6 heteroatoms. The fraction of sp³-hybridized carbons (Fsp3) is 0.143. The molecule has 0 aliphatic heterocycles. The van der Waals surface area contributed by atoms with Crippen molar-refractivity contribution in [3.05, 3.63) is 35.2 Å². The van der Waals surface area contributed by atoms with Gasteiger partial charge in [0.15, 0.2) is 0 Å². The maximum atomic E-state index is 11.4. The first-order valence-corrected chi connectivity index (χ1v) is 6.67. The summed E-state index contributed by atoms with van der Waals surface area (Å²) >= 11 is 1.19. The van der Waals surface area contributed by atoms with Crippen molar-refractivity contribution in [3.8, 4) is 16.9 Å². The van der Waals surface area contributed by atoms with E-state index >= 15 is 0 Å². The largest absolute Gasteiger partial charge is 0.497 e. The van der Waals surface area contributed by atoms with Gasteiger partial charge in [-0.15, -0.1) is 11.3 Å². The lowest BCUT2D eigenvalue weighted by Gasteiger charge is -2.05. The quantitative estimate of drug-likeness (QED) is 0.907. The van der Waals surface area contributed by atoms with Gasteiger partial charge in [0.1, 0.15) is 16.3 Å². The Balaban J connectivity index is 2.47.